The molecule has 2 aromatic rings. The molecule has 0 aliphatic heterocycles. The number of anilines is 1. The predicted molar refractivity (Wildman–Crippen MR) is 95.3 cm³/mol. The fraction of sp³-hybridized carbons (Fsp3) is 0.133. The average molecular weight is 360 g/mol. The van der Waals surface area contributed by atoms with Crippen LogP contribution >= 0.6 is 23.6 Å². The highest BCUT2D eigenvalue weighted by Gasteiger charge is 2.20. The van der Waals surface area contributed by atoms with E-state index in [9.17, 15) is 20.2 Å². The number of aryl methyl sites for hydroxylation is 1. The summed E-state index contributed by atoms with van der Waals surface area (Å²) in [7, 11) is 0. The molecule has 0 unspecified atom stereocenters. The van der Waals surface area contributed by atoms with Crippen LogP contribution in [0.3, 0.4) is 0 Å². The molecular formula is C15H12N4O3S2. The zero-order valence-corrected chi connectivity index (χ0v) is 14.4. The van der Waals surface area contributed by atoms with Gasteiger partial charge in [-0.3, -0.25) is 20.2 Å². The lowest BCUT2D eigenvalue weighted by Gasteiger charge is -2.08. The topological polar surface area (TPSA) is 108 Å². The molecule has 0 aliphatic carbocycles. The molecule has 0 fully saturated rings. The number of hydrogen-bond acceptors (Lipinski definition) is 6. The lowest BCUT2D eigenvalue weighted by atomic mass is 10.1. The molecule has 0 spiro atoms. The first-order chi connectivity index (χ1) is 11.3. The lowest BCUT2D eigenvalue weighted by molar-refractivity contribution is -0.385. The van der Waals surface area contributed by atoms with E-state index < -0.39 is 10.8 Å². The Morgan fingerprint density at radius 3 is 2.67 bits per heavy atom. The number of nitriles is 1. The minimum atomic E-state index is -0.691. The van der Waals surface area contributed by atoms with Gasteiger partial charge in [0.15, 0.2) is 5.11 Å². The van der Waals surface area contributed by atoms with Crippen LogP contribution in [-0.2, 0) is 0 Å². The Hall–Kier alpha value is -2.83. The molecular weight excluding hydrogens is 348 g/mol. The normalized spacial score (nSPS) is 9.88. The molecule has 0 saturated heterocycles. The Morgan fingerprint density at radius 2 is 2.04 bits per heavy atom. The Labute approximate surface area is 147 Å². The van der Waals surface area contributed by atoms with Crippen molar-refractivity contribution in [1.29, 1.82) is 5.26 Å². The summed E-state index contributed by atoms with van der Waals surface area (Å²) in [5.41, 5.74) is 0.904. The van der Waals surface area contributed by atoms with E-state index in [4.69, 9.17) is 12.2 Å². The first kappa shape index (κ1) is 17.5. The summed E-state index contributed by atoms with van der Waals surface area (Å²) in [6.45, 7) is 3.70. The summed E-state index contributed by atoms with van der Waals surface area (Å²) in [5.74, 6) is -0.691. The van der Waals surface area contributed by atoms with E-state index in [0.717, 1.165) is 10.4 Å². The van der Waals surface area contributed by atoms with E-state index in [1.807, 2.05) is 13.8 Å². The maximum absolute atomic E-state index is 12.2. The number of carbonyl (C=O) groups excluding carboxylic acids is 1. The zero-order chi connectivity index (χ0) is 17.9. The van der Waals surface area contributed by atoms with Gasteiger partial charge in [0.2, 0.25) is 0 Å². The Kier molecular flexibility index (Phi) is 5.23. The minimum absolute atomic E-state index is 0.0316. The van der Waals surface area contributed by atoms with Crippen LogP contribution in [-0.4, -0.2) is 15.9 Å². The van der Waals surface area contributed by atoms with Crippen LogP contribution in [0, 0.1) is 35.3 Å². The maximum atomic E-state index is 12.2. The number of nitro groups is 1. The molecule has 9 heteroatoms. The van der Waals surface area contributed by atoms with Gasteiger partial charge in [-0.15, -0.1) is 11.3 Å². The molecule has 0 aliphatic rings. The van der Waals surface area contributed by atoms with Crippen LogP contribution < -0.4 is 10.6 Å². The van der Waals surface area contributed by atoms with Gasteiger partial charge in [0.05, 0.1) is 10.5 Å². The van der Waals surface area contributed by atoms with Crippen LogP contribution in [0.15, 0.2) is 24.3 Å². The van der Waals surface area contributed by atoms with Gasteiger partial charge in [-0.05, 0) is 37.7 Å². The van der Waals surface area contributed by atoms with Crippen molar-refractivity contribution in [2.75, 3.05) is 5.32 Å². The molecule has 1 amide bonds. The minimum Gasteiger partial charge on any atom is -0.323 e. The highest BCUT2D eigenvalue weighted by molar-refractivity contribution is 7.80. The van der Waals surface area contributed by atoms with Gasteiger partial charge >= 0.3 is 0 Å². The molecule has 2 rings (SSSR count). The number of rotatable bonds is 3. The Bertz CT molecular complexity index is 883. The van der Waals surface area contributed by atoms with Crippen molar-refractivity contribution in [1.82, 2.24) is 5.32 Å². The lowest BCUT2D eigenvalue weighted by Crippen LogP contribution is -2.34. The van der Waals surface area contributed by atoms with E-state index >= 15 is 0 Å². The van der Waals surface area contributed by atoms with Gasteiger partial charge in [-0.2, -0.15) is 5.26 Å². The maximum Gasteiger partial charge on any atom is 0.282 e. The number of thiophene rings is 1. The van der Waals surface area contributed by atoms with Gasteiger partial charge in [-0.25, -0.2) is 0 Å². The van der Waals surface area contributed by atoms with Gasteiger partial charge in [0.25, 0.3) is 11.6 Å². The van der Waals surface area contributed by atoms with E-state index in [1.165, 1.54) is 35.6 Å². The number of amides is 1. The third-order valence-electron chi connectivity index (χ3n) is 3.30. The van der Waals surface area contributed by atoms with Crippen molar-refractivity contribution < 1.29 is 9.72 Å². The van der Waals surface area contributed by atoms with Crippen LogP contribution in [0.1, 0.15) is 26.4 Å². The number of thiocarbonyl (C=S) groups is 1. The van der Waals surface area contributed by atoms with Crippen molar-refractivity contribution in [3.63, 3.8) is 0 Å². The quantitative estimate of drug-likeness (QED) is 0.494. The summed E-state index contributed by atoms with van der Waals surface area (Å²) in [6, 6.07) is 7.67. The molecule has 24 heavy (non-hydrogen) atoms. The molecule has 0 bridgehead atoms. The van der Waals surface area contributed by atoms with Crippen molar-refractivity contribution >= 4 is 45.3 Å². The molecule has 0 atom stereocenters. The van der Waals surface area contributed by atoms with Crippen LogP contribution in [0.5, 0.6) is 0 Å². The second-order valence-electron chi connectivity index (χ2n) is 4.78. The number of hydrogen-bond donors (Lipinski definition) is 2. The molecule has 2 N–H and O–H groups in total. The third-order valence-corrected chi connectivity index (χ3v) is 4.62. The van der Waals surface area contributed by atoms with Gasteiger partial charge in [-0.1, -0.05) is 12.1 Å². The molecule has 7 nitrogen and oxygen atoms in total. The molecule has 1 aromatic heterocycles. The van der Waals surface area contributed by atoms with Crippen molar-refractivity contribution in [3.05, 3.63) is 55.9 Å². The number of benzene rings is 1. The number of nitrogens with zero attached hydrogens (tertiary/aromatic N) is 2. The first-order valence-electron chi connectivity index (χ1n) is 6.71. The van der Waals surface area contributed by atoms with Crippen LogP contribution in [0.25, 0.3) is 0 Å². The van der Waals surface area contributed by atoms with Crippen molar-refractivity contribution in [2.24, 2.45) is 0 Å². The summed E-state index contributed by atoms with van der Waals surface area (Å²) in [6.07, 6.45) is 0. The molecule has 1 heterocycles. The van der Waals surface area contributed by atoms with Gasteiger partial charge in [0, 0.05) is 10.9 Å². The highest BCUT2D eigenvalue weighted by atomic mass is 32.1. The largest absolute Gasteiger partial charge is 0.323 e. The second kappa shape index (κ2) is 7.16. The first-order valence-corrected chi connectivity index (χ1v) is 7.93. The van der Waals surface area contributed by atoms with Crippen molar-refractivity contribution in [3.8, 4) is 6.07 Å². The molecule has 1 aromatic carbocycles. The van der Waals surface area contributed by atoms with Gasteiger partial charge < -0.3 is 5.32 Å². The third kappa shape index (κ3) is 3.56. The fourth-order valence-electron chi connectivity index (χ4n) is 1.98. The van der Waals surface area contributed by atoms with Crippen molar-refractivity contribution in [2.45, 2.75) is 13.8 Å². The highest BCUT2D eigenvalue weighted by Crippen LogP contribution is 2.31. The number of nitro benzene ring substituents is 1. The molecule has 0 saturated carbocycles. The Balaban J connectivity index is 2.17. The summed E-state index contributed by atoms with van der Waals surface area (Å²) < 4.78 is 0. The van der Waals surface area contributed by atoms with Crippen LogP contribution in [0.4, 0.5) is 10.7 Å². The average Bonchev–Trinajstić information content (AvgIpc) is 2.80. The van der Waals surface area contributed by atoms with E-state index in [2.05, 4.69) is 16.7 Å². The molecule has 122 valence electrons. The second-order valence-corrected chi connectivity index (χ2v) is 6.41. The number of para-hydroxylation sites is 1. The van der Waals surface area contributed by atoms with E-state index in [-0.39, 0.29) is 16.4 Å². The predicted octanol–water partition coefficient (Wildman–Crippen LogP) is 3.27. The van der Waals surface area contributed by atoms with Crippen LogP contribution in [0.2, 0.25) is 0 Å². The molecule has 0 radical (unpaired) electrons. The summed E-state index contributed by atoms with van der Waals surface area (Å²) in [4.78, 5) is 23.5. The summed E-state index contributed by atoms with van der Waals surface area (Å²) >= 11 is 6.41. The zero-order valence-electron chi connectivity index (χ0n) is 12.7. The van der Waals surface area contributed by atoms with E-state index in [0.29, 0.717) is 10.6 Å². The van der Waals surface area contributed by atoms with E-state index in [1.54, 1.807) is 0 Å². The fourth-order valence-corrected chi connectivity index (χ4v) is 3.25. The monoisotopic (exact) mass is 360 g/mol. The smallest absolute Gasteiger partial charge is 0.282 e. The SMILES string of the molecule is Cc1sc(NC(=S)NC(=O)c2ccccc2[N+](=O)[O-])c(C#N)c1C. The number of carbonyl (C=O) groups is 1. The summed E-state index contributed by atoms with van der Waals surface area (Å²) in [5, 5.41) is 25.9. The number of nitrogens with one attached hydrogen (secondary N) is 2. The Morgan fingerprint density at radius 1 is 1.38 bits per heavy atom. The van der Waals surface area contributed by atoms with Gasteiger partial charge in [0.1, 0.15) is 16.6 Å². The standard InChI is InChI=1S/C15H12N4O3S2/c1-8-9(2)24-14(11(8)7-16)18-15(23)17-13(20)10-5-3-4-6-12(10)19(21)22/h3-6H,1-2H3,(H2,17,18,20,23).